The highest BCUT2D eigenvalue weighted by atomic mass is 127. The molecule has 1 heterocycles. The number of aliphatic imine (C=N–C) groups is 1. The summed E-state index contributed by atoms with van der Waals surface area (Å²) in [7, 11) is 4.35. The number of guanidine groups is 1. The van der Waals surface area contributed by atoms with Gasteiger partial charge in [-0.2, -0.15) is 0 Å². The van der Waals surface area contributed by atoms with Crippen molar-refractivity contribution in [2.24, 2.45) is 10.9 Å². The van der Waals surface area contributed by atoms with Gasteiger partial charge < -0.3 is 20.3 Å². The molecule has 1 aliphatic heterocycles. The monoisotopic (exact) mass is 467 g/mol. The molecule has 6 nitrogen and oxygen atoms in total. The zero-order chi connectivity index (χ0) is 17.6. The van der Waals surface area contributed by atoms with Crippen molar-refractivity contribution < 1.29 is 4.74 Å². The van der Waals surface area contributed by atoms with Crippen LogP contribution >= 0.6 is 24.0 Å². The Kier molecular flexibility index (Phi) is 9.98. The van der Waals surface area contributed by atoms with Crippen molar-refractivity contribution in [1.29, 1.82) is 0 Å². The average Bonchev–Trinajstić information content (AvgIpc) is 3.38. The Balaban J connectivity index is 0.00000312. The average molecular weight is 467 g/mol. The van der Waals surface area contributed by atoms with Gasteiger partial charge >= 0.3 is 0 Å². The molecule has 2 aliphatic rings. The summed E-state index contributed by atoms with van der Waals surface area (Å²) < 4.78 is 5.47. The van der Waals surface area contributed by atoms with Crippen LogP contribution in [0.2, 0.25) is 0 Å². The third-order valence-corrected chi connectivity index (χ3v) is 5.14. The molecule has 1 saturated heterocycles. The van der Waals surface area contributed by atoms with Gasteiger partial charge in [0, 0.05) is 37.8 Å². The highest BCUT2D eigenvalue weighted by molar-refractivity contribution is 14.0. The second-order valence-electron chi connectivity index (χ2n) is 7.86. The molecular formula is C18H38IN5O. The molecule has 1 unspecified atom stereocenters. The lowest BCUT2D eigenvalue weighted by Crippen LogP contribution is -2.52. The van der Waals surface area contributed by atoms with Crippen LogP contribution in [0.3, 0.4) is 0 Å². The molecule has 7 heteroatoms. The van der Waals surface area contributed by atoms with Crippen LogP contribution in [0.5, 0.6) is 0 Å². The maximum absolute atomic E-state index is 5.47. The van der Waals surface area contributed by atoms with Crippen molar-refractivity contribution >= 4 is 29.9 Å². The van der Waals surface area contributed by atoms with Gasteiger partial charge in [-0.3, -0.25) is 9.89 Å². The SMILES string of the molecule is CCNC(=NCC(C)(C)N1CCOCC1)NCC(C1CC1)N(C)C.I. The summed E-state index contributed by atoms with van der Waals surface area (Å²) in [5.41, 5.74) is 0.0591. The fraction of sp³-hybridized carbons (Fsp3) is 0.944. The third-order valence-electron chi connectivity index (χ3n) is 5.14. The second kappa shape index (κ2) is 10.9. The smallest absolute Gasteiger partial charge is 0.191 e. The van der Waals surface area contributed by atoms with E-state index in [9.17, 15) is 0 Å². The lowest BCUT2D eigenvalue weighted by atomic mass is 10.0. The van der Waals surface area contributed by atoms with Crippen LogP contribution in [0.1, 0.15) is 33.6 Å². The molecule has 0 spiro atoms. The van der Waals surface area contributed by atoms with Gasteiger partial charge in [-0.05, 0) is 53.6 Å². The molecule has 2 fully saturated rings. The molecule has 2 rings (SSSR count). The fourth-order valence-electron chi connectivity index (χ4n) is 3.34. The molecular weight excluding hydrogens is 429 g/mol. The first kappa shape index (κ1) is 22.9. The highest BCUT2D eigenvalue weighted by Gasteiger charge is 2.32. The van der Waals surface area contributed by atoms with Gasteiger partial charge in [0.05, 0.1) is 19.8 Å². The molecule has 0 aromatic rings. The Morgan fingerprint density at radius 2 is 1.88 bits per heavy atom. The lowest BCUT2D eigenvalue weighted by Gasteiger charge is -2.40. The van der Waals surface area contributed by atoms with E-state index in [1.54, 1.807) is 0 Å². The van der Waals surface area contributed by atoms with Gasteiger partial charge in [-0.15, -0.1) is 24.0 Å². The summed E-state index contributed by atoms with van der Waals surface area (Å²) in [6, 6.07) is 0.598. The van der Waals surface area contributed by atoms with Gasteiger partial charge in [0.25, 0.3) is 0 Å². The zero-order valence-electron chi connectivity index (χ0n) is 16.7. The Morgan fingerprint density at radius 3 is 2.40 bits per heavy atom. The Hall–Kier alpha value is -0.120. The van der Waals surface area contributed by atoms with E-state index in [4.69, 9.17) is 9.73 Å². The number of morpholine rings is 1. The van der Waals surface area contributed by atoms with Crippen molar-refractivity contribution in [3.05, 3.63) is 0 Å². The molecule has 1 aliphatic carbocycles. The van der Waals surface area contributed by atoms with Crippen LogP contribution in [0, 0.1) is 5.92 Å². The summed E-state index contributed by atoms with van der Waals surface area (Å²) in [5, 5.41) is 6.94. The standard InChI is InChI=1S/C18H37N5O.HI/c1-6-19-17(20-13-16(22(4)5)15-7-8-15)21-14-18(2,3)23-9-11-24-12-10-23;/h15-16H,6-14H2,1-5H3,(H2,19,20,21);1H. The number of nitrogens with one attached hydrogen (secondary N) is 2. The van der Waals surface area contributed by atoms with E-state index in [0.29, 0.717) is 6.04 Å². The third kappa shape index (κ3) is 7.56. The normalized spacial score (nSPS) is 21.0. The van der Waals surface area contributed by atoms with Crippen LogP contribution in [0.25, 0.3) is 0 Å². The zero-order valence-corrected chi connectivity index (χ0v) is 19.0. The summed E-state index contributed by atoms with van der Waals surface area (Å²) in [6.45, 7) is 13.0. The number of halogens is 1. The Labute approximate surface area is 171 Å². The van der Waals surface area contributed by atoms with Gasteiger partial charge in [-0.1, -0.05) is 0 Å². The van der Waals surface area contributed by atoms with Crippen LogP contribution < -0.4 is 10.6 Å². The minimum Gasteiger partial charge on any atom is -0.379 e. The largest absolute Gasteiger partial charge is 0.379 e. The molecule has 1 atom stereocenters. The molecule has 25 heavy (non-hydrogen) atoms. The van der Waals surface area contributed by atoms with Crippen molar-refractivity contribution in [3.63, 3.8) is 0 Å². The lowest BCUT2D eigenvalue weighted by molar-refractivity contribution is -0.00684. The predicted octanol–water partition coefficient (Wildman–Crippen LogP) is 1.61. The predicted molar refractivity (Wildman–Crippen MR) is 116 cm³/mol. The van der Waals surface area contributed by atoms with Crippen molar-refractivity contribution in [1.82, 2.24) is 20.4 Å². The van der Waals surface area contributed by atoms with Gasteiger partial charge in [0.2, 0.25) is 0 Å². The van der Waals surface area contributed by atoms with E-state index >= 15 is 0 Å². The van der Waals surface area contributed by atoms with E-state index in [2.05, 4.69) is 55.3 Å². The number of likely N-dealkylation sites (N-methyl/N-ethyl adjacent to an activating group) is 1. The number of nitrogens with zero attached hydrogens (tertiary/aromatic N) is 3. The summed E-state index contributed by atoms with van der Waals surface area (Å²) >= 11 is 0. The van der Waals surface area contributed by atoms with Crippen molar-refractivity contribution in [3.8, 4) is 0 Å². The summed E-state index contributed by atoms with van der Waals surface area (Å²) in [5.74, 6) is 1.78. The van der Waals surface area contributed by atoms with Crippen LogP contribution in [-0.4, -0.2) is 87.4 Å². The summed E-state index contributed by atoms with van der Waals surface area (Å²) in [6.07, 6.45) is 2.73. The molecule has 1 saturated carbocycles. The van der Waals surface area contributed by atoms with Crippen LogP contribution in [0.15, 0.2) is 4.99 Å². The van der Waals surface area contributed by atoms with Crippen LogP contribution in [-0.2, 0) is 4.74 Å². The number of ether oxygens (including phenoxy) is 1. The van der Waals surface area contributed by atoms with Gasteiger partial charge in [0.1, 0.15) is 0 Å². The Morgan fingerprint density at radius 1 is 1.24 bits per heavy atom. The molecule has 0 radical (unpaired) electrons. The molecule has 148 valence electrons. The quantitative estimate of drug-likeness (QED) is 0.323. The van der Waals surface area contributed by atoms with Crippen molar-refractivity contribution in [2.45, 2.75) is 45.2 Å². The second-order valence-corrected chi connectivity index (χ2v) is 7.86. The number of rotatable bonds is 8. The van der Waals surface area contributed by atoms with E-state index in [1.807, 2.05) is 0 Å². The molecule has 0 bridgehead atoms. The van der Waals surface area contributed by atoms with E-state index in [1.165, 1.54) is 12.8 Å². The topological polar surface area (TPSA) is 52.1 Å². The first-order chi connectivity index (χ1) is 11.4. The van der Waals surface area contributed by atoms with E-state index in [0.717, 1.165) is 57.8 Å². The first-order valence-corrected chi connectivity index (χ1v) is 9.45. The highest BCUT2D eigenvalue weighted by Crippen LogP contribution is 2.34. The van der Waals surface area contributed by atoms with Gasteiger partial charge in [0.15, 0.2) is 5.96 Å². The maximum Gasteiger partial charge on any atom is 0.191 e. The van der Waals surface area contributed by atoms with E-state index < -0.39 is 0 Å². The Bertz CT molecular complexity index is 404. The summed E-state index contributed by atoms with van der Waals surface area (Å²) in [4.78, 5) is 9.69. The minimum atomic E-state index is 0. The molecule has 2 N–H and O–H groups in total. The maximum atomic E-state index is 5.47. The molecule has 0 amide bonds. The minimum absolute atomic E-state index is 0. The van der Waals surface area contributed by atoms with Crippen molar-refractivity contribution in [2.75, 3.05) is 60.0 Å². The van der Waals surface area contributed by atoms with E-state index in [-0.39, 0.29) is 29.5 Å². The fourth-order valence-corrected chi connectivity index (χ4v) is 3.34. The first-order valence-electron chi connectivity index (χ1n) is 9.45. The number of hydrogen-bond donors (Lipinski definition) is 2. The molecule has 0 aromatic heterocycles. The van der Waals surface area contributed by atoms with Crippen LogP contribution in [0.4, 0.5) is 0 Å². The molecule has 0 aromatic carbocycles. The van der Waals surface area contributed by atoms with Gasteiger partial charge in [-0.25, -0.2) is 0 Å². The number of hydrogen-bond acceptors (Lipinski definition) is 4.